The van der Waals surface area contributed by atoms with E-state index in [1.54, 1.807) is 26.2 Å². The molecule has 1 aromatic rings. The van der Waals surface area contributed by atoms with E-state index < -0.39 is 0 Å². The van der Waals surface area contributed by atoms with Crippen molar-refractivity contribution in [3.8, 4) is 0 Å². The minimum atomic E-state index is -0.0757. The fourth-order valence-corrected chi connectivity index (χ4v) is 2.05. The van der Waals surface area contributed by atoms with E-state index in [-0.39, 0.29) is 11.8 Å². The van der Waals surface area contributed by atoms with Gasteiger partial charge < -0.3 is 15.5 Å². The third-order valence-electron chi connectivity index (χ3n) is 3.58. The highest BCUT2D eigenvalue weighted by molar-refractivity contribution is 5.98. The molecule has 1 aromatic carbocycles. The minimum absolute atomic E-state index is 0.0719. The standard InChI is InChI=1S/C16H23N3O2/c1-11-4-7-13(16(21)19(2)3)8-14(11)18-15(20)10-17-9-12-5-6-12/h4,7-8,12,17H,5-6,9-10H2,1-3H3,(H,18,20). The Morgan fingerprint density at radius 3 is 2.62 bits per heavy atom. The molecule has 2 amide bonds. The van der Waals surface area contributed by atoms with E-state index in [2.05, 4.69) is 10.6 Å². The van der Waals surface area contributed by atoms with Crippen molar-refractivity contribution in [1.82, 2.24) is 10.2 Å². The number of aryl methyl sites for hydroxylation is 1. The van der Waals surface area contributed by atoms with E-state index >= 15 is 0 Å². The zero-order valence-electron chi connectivity index (χ0n) is 12.9. The van der Waals surface area contributed by atoms with Crippen molar-refractivity contribution in [3.63, 3.8) is 0 Å². The molecule has 0 aromatic heterocycles. The first-order valence-corrected chi connectivity index (χ1v) is 7.30. The summed E-state index contributed by atoms with van der Waals surface area (Å²) in [6.45, 7) is 3.13. The van der Waals surface area contributed by atoms with Gasteiger partial charge in [0.1, 0.15) is 0 Å². The van der Waals surface area contributed by atoms with Crippen LogP contribution in [0.25, 0.3) is 0 Å². The molecule has 2 N–H and O–H groups in total. The van der Waals surface area contributed by atoms with Crippen molar-refractivity contribution >= 4 is 17.5 Å². The number of benzene rings is 1. The topological polar surface area (TPSA) is 61.4 Å². The Morgan fingerprint density at radius 2 is 2.00 bits per heavy atom. The van der Waals surface area contributed by atoms with Gasteiger partial charge in [0.2, 0.25) is 5.91 Å². The SMILES string of the molecule is Cc1ccc(C(=O)N(C)C)cc1NC(=O)CNCC1CC1. The molecule has 1 fully saturated rings. The number of rotatable bonds is 6. The van der Waals surface area contributed by atoms with Crippen molar-refractivity contribution in [2.75, 3.05) is 32.5 Å². The molecular formula is C16H23N3O2. The van der Waals surface area contributed by atoms with Crippen LogP contribution in [0.2, 0.25) is 0 Å². The number of nitrogens with zero attached hydrogens (tertiary/aromatic N) is 1. The summed E-state index contributed by atoms with van der Waals surface area (Å²) >= 11 is 0. The summed E-state index contributed by atoms with van der Waals surface area (Å²) in [5.41, 5.74) is 2.22. The van der Waals surface area contributed by atoms with Gasteiger partial charge in [-0.3, -0.25) is 9.59 Å². The maximum absolute atomic E-state index is 11.9. The Kier molecular flexibility index (Phi) is 4.96. The predicted molar refractivity (Wildman–Crippen MR) is 83.4 cm³/mol. The number of amides is 2. The van der Waals surface area contributed by atoms with Gasteiger partial charge in [-0.25, -0.2) is 0 Å². The molecule has 0 aliphatic heterocycles. The number of hydrogen-bond donors (Lipinski definition) is 2. The summed E-state index contributed by atoms with van der Waals surface area (Å²) in [4.78, 5) is 25.4. The molecule has 0 heterocycles. The maximum atomic E-state index is 11.9. The highest BCUT2D eigenvalue weighted by atomic mass is 16.2. The molecule has 5 heteroatoms. The number of carbonyl (C=O) groups excluding carboxylic acids is 2. The van der Waals surface area contributed by atoms with Gasteiger partial charge in [-0.1, -0.05) is 6.07 Å². The summed E-state index contributed by atoms with van der Waals surface area (Å²) in [6, 6.07) is 5.36. The van der Waals surface area contributed by atoms with Gasteiger partial charge in [0, 0.05) is 25.3 Å². The fourth-order valence-electron chi connectivity index (χ4n) is 2.05. The van der Waals surface area contributed by atoms with Crippen molar-refractivity contribution < 1.29 is 9.59 Å². The molecule has 114 valence electrons. The first kappa shape index (κ1) is 15.5. The number of nitrogens with one attached hydrogen (secondary N) is 2. The molecule has 0 bridgehead atoms. The van der Waals surface area contributed by atoms with E-state index in [9.17, 15) is 9.59 Å². The minimum Gasteiger partial charge on any atom is -0.345 e. The van der Waals surface area contributed by atoms with Crippen LogP contribution in [0.5, 0.6) is 0 Å². The van der Waals surface area contributed by atoms with Gasteiger partial charge in [0.25, 0.3) is 5.91 Å². The van der Waals surface area contributed by atoms with E-state index in [0.717, 1.165) is 18.0 Å². The van der Waals surface area contributed by atoms with Crippen molar-refractivity contribution in [2.45, 2.75) is 19.8 Å². The largest absolute Gasteiger partial charge is 0.345 e. The van der Waals surface area contributed by atoms with Crippen molar-refractivity contribution in [3.05, 3.63) is 29.3 Å². The van der Waals surface area contributed by atoms with Gasteiger partial charge in [0.15, 0.2) is 0 Å². The third-order valence-corrected chi connectivity index (χ3v) is 3.58. The number of hydrogen-bond acceptors (Lipinski definition) is 3. The Balaban J connectivity index is 1.95. The quantitative estimate of drug-likeness (QED) is 0.837. The van der Waals surface area contributed by atoms with Crippen LogP contribution < -0.4 is 10.6 Å². The average Bonchev–Trinajstić information content (AvgIpc) is 3.24. The molecule has 0 atom stereocenters. The molecule has 1 aliphatic carbocycles. The van der Waals surface area contributed by atoms with Crippen LogP contribution in [-0.2, 0) is 4.79 Å². The lowest BCUT2D eigenvalue weighted by Gasteiger charge is -2.13. The second-order valence-electron chi connectivity index (χ2n) is 5.85. The maximum Gasteiger partial charge on any atom is 0.253 e. The van der Waals surface area contributed by atoms with Crippen LogP contribution in [0.4, 0.5) is 5.69 Å². The lowest BCUT2D eigenvalue weighted by Crippen LogP contribution is -2.29. The molecule has 0 saturated heterocycles. The summed E-state index contributed by atoms with van der Waals surface area (Å²) in [7, 11) is 3.42. The second kappa shape index (κ2) is 6.72. The molecular weight excluding hydrogens is 266 g/mol. The normalized spacial score (nSPS) is 13.9. The highest BCUT2D eigenvalue weighted by Crippen LogP contribution is 2.27. The van der Waals surface area contributed by atoms with Crippen LogP contribution in [0, 0.1) is 12.8 Å². The Hall–Kier alpha value is -1.88. The van der Waals surface area contributed by atoms with E-state index in [1.807, 2.05) is 13.0 Å². The molecule has 0 unspecified atom stereocenters. The predicted octanol–water partition coefficient (Wildman–Crippen LogP) is 1.63. The molecule has 1 aliphatic rings. The average molecular weight is 289 g/mol. The fraction of sp³-hybridized carbons (Fsp3) is 0.500. The van der Waals surface area contributed by atoms with Gasteiger partial charge in [-0.2, -0.15) is 0 Å². The zero-order valence-corrected chi connectivity index (χ0v) is 12.9. The monoisotopic (exact) mass is 289 g/mol. The molecule has 21 heavy (non-hydrogen) atoms. The van der Waals surface area contributed by atoms with Crippen LogP contribution >= 0.6 is 0 Å². The summed E-state index contributed by atoms with van der Waals surface area (Å²) < 4.78 is 0. The number of anilines is 1. The van der Waals surface area contributed by atoms with Gasteiger partial charge in [-0.05, 0) is 49.9 Å². The molecule has 1 saturated carbocycles. The summed E-state index contributed by atoms with van der Waals surface area (Å²) in [5.74, 6) is 0.603. The van der Waals surface area contributed by atoms with Gasteiger partial charge in [0.05, 0.1) is 6.54 Å². The summed E-state index contributed by atoms with van der Waals surface area (Å²) in [5, 5.41) is 6.02. The zero-order chi connectivity index (χ0) is 15.4. The van der Waals surface area contributed by atoms with Crippen molar-refractivity contribution in [1.29, 1.82) is 0 Å². The van der Waals surface area contributed by atoms with Crippen LogP contribution in [0.15, 0.2) is 18.2 Å². The Bertz CT molecular complexity index is 536. The lowest BCUT2D eigenvalue weighted by atomic mass is 10.1. The smallest absolute Gasteiger partial charge is 0.253 e. The van der Waals surface area contributed by atoms with Crippen LogP contribution in [0.1, 0.15) is 28.8 Å². The van der Waals surface area contributed by atoms with Crippen LogP contribution in [-0.4, -0.2) is 43.9 Å². The van der Waals surface area contributed by atoms with E-state index in [1.165, 1.54) is 17.7 Å². The Morgan fingerprint density at radius 1 is 1.29 bits per heavy atom. The second-order valence-corrected chi connectivity index (χ2v) is 5.85. The molecule has 5 nitrogen and oxygen atoms in total. The summed E-state index contributed by atoms with van der Waals surface area (Å²) in [6.07, 6.45) is 2.53. The first-order chi connectivity index (χ1) is 9.97. The molecule has 2 rings (SSSR count). The third kappa shape index (κ3) is 4.56. The van der Waals surface area contributed by atoms with E-state index in [0.29, 0.717) is 17.8 Å². The van der Waals surface area contributed by atoms with Crippen molar-refractivity contribution in [2.24, 2.45) is 5.92 Å². The van der Waals surface area contributed by atoms with Gasteiger partial charge in [-0.15, -0.1) is 0 Å². The van der Waals surface area contributed by atoms with Gasteiger partial charge >= 0.3 is 0 Å². The number of carbonyl (C=O) groups is 2. The molecule has 0 radical (unpaired) electrons. The molecule has 0 spiro atoms. The lowest BCUT2D eigenvalue weighted by molar-refractivity contribution is -0.115. The van der Waals surface area contributed by atoms with E-state index in [4.69, 9.17) is 0 Å². The highest BCUT2D eigenvalue weighted by Gasteiger charge is 2.20. The first-order valence-electron chi connectivity index (χ1n) is 7.30. The Labute approximate surface area is 125 Å². The van der Waals surface area contributed by atoms with Crippen LogP contribution in [0.3, 0.4) is 0 Å².